The molecule has 0 bridgehead atoms. The van der Waals surface area contributed by atoms with Crippen LogP contribution in [-0.2, 0) is 16.1 Å². The van der Waals surface area contributed by atoms with Crippen LogP contribution in [0.2, 0.25) is 0 Å². The molecule has 0 spiro atoms. The maximum absolute atomic E-state index is 11.4. The molecule has 0 aromatic heterocycles. The average Bonchev–Trinajstić information content (AvgIpc) is 2.28. The highest BCUT2D eigenvalue weighted by Gasteiger charge is 2.05. The van der Waals surface area contributed by atoms with Gasteiger partial charge in [-0.3, -0.25) is 9.59 Å². The van der Waals surface area contributed by atoms with E-state index in [-0.39, 0.29) is 18.7 Å². The summed E-state index contributed by atoms with van der Waals surface area (Å²) in [4.78, 5) is 23.8. The van der Waals surface area contributed by atoms with E-state index in [2.05, 4.69) is 10.2 Å². The molecule has 1 aromatic carbocycles. The van der Waals surface area contributed by atoms with E-state index in [0.29, 0.717) is 5.69 Å². The van der Waals surface area contributed by atoms with Crippen molar-refractivity contribution in [1.29, 1.82) is 0 Å². The van der Waals surface area contributed by atoms with Crippen molar-refractivity contribution >= 4 is 17.6 Å². The third kappa shape index (κ3) is 5.45. The summed E-state index contributed by atoms with van der Waals surface area (Å²) >= 11 is 0. The number of carboxylic acid groups (broad SMARTS) is 1. The molecule has 0 fully saturated rings. The second-order valence-corrected chi connectivity index (χ2v) is 4.38. The van der Waals surface area contributed by atoms with E-state index < -0.39 is 5.97 Å². The fourth-order valence-electron chi connectivity index (χ4n) is 1.50. The van der Waals surface area contributed by atoms with Gasteiger partial charge in [-0.05, 0) is 31.8 Å². The topological polar surface area (TPSA) is 69.6 Å². The molecule has 0 saturated carbocycles. The van der Waals surface area contributed by atoms with Gasteiger partial charge >= 0.3 is 5.97 Å². The predicted molar refractivity (Wildman–Crippen MR) is 69.3 cm³/mol. The number of benzene rings is 1. The molecular formula is C13H18N2O3. The molecule has 1 aromatic rings. The van der Waals surface area contributed by atoms with Crippen LogP contribution in [0.5, 0.6) is 0 Å². The lowest BCUT2D eigenvalue weighted by Crippen LogP contribution is -2.13. The maximum atomic E-state index is 11.4. The molecule has 2 N–H and O–H groups in total. The van der Waals surface area contributed by atoms with Crippen molar-refractivity contribution in [2.75, 3.05) is 19.4 Å². The van der Waals surface area contributed by atoms with Crippen molar-refractivity contribution in [3.8, 4) is 0 Å². The Morgan fingerprint density at radius 1 is 1.17 bits per heavy atom. The molecular weight excluding hydrogens is 232 g/mol. The Labute approximate surface area is 106 Å². The summed E-state index contributed by atoms with van der Waals surface area (Å²) in [5.74, 6) is -1.25. The normalized spacial score (nSPS) is 10.4. The zero-order valence-electron chi connectivity index (χ0n) is 10.6. The summed E-state index contributed by atoms with van der Waals surface area (Å²) in [6.45, 7) is 0.841. The van der Waals surface area contributed by atoms with Gasteiger partial charge in [0.15, 0.2) is 0 Å². The minimum absolute atomic E-state index is 0.00518. The van der Waals surface area contributed by atoms with Gasteiger partial charge < -0.3 is 15.3 Å². The van der Waals surface area contributed by atoms with Gasteiger partial charge in [0.05, 0.1) is 6.42 Å². The van der Waals surface area contributed by atoms with Crippen LogP contribution in [-0.4, -0.2) is 36.0 Å². The molecule has 0 atom stereocenters. The molecule has 18 heavy (non-hydrogen) atoms. The van der Waals surface area contributed by atoms with Crippen LogP contribution < -0.4 is 5.32 Å². The second kappa shape index (κ2) is 6.76. The number of nitrogens with one attached hydrogen (secondary N) is 1. The van der Waals surface area contributed by atoms with Gasteiger partial charge in [-0.1, -0.05) is 12.1 Å². The van der Waals surface area contributed by atoms with Crippen LogP contribution in [0.3, 0.4) is 0 Å². The number of hydrogen-bond acceptors (Lipinski definition) is 3. The molecule has 1 rings (SSSR count). The van der Waals surface area contributed by atoms with E-state index >= 15 is 0 Å². The van der Waals surface area contributed by atoms with Crippen molar-refractivity contribution in [2.24, 2.45) is 0 Å². The molecule has 0 saturated heterocycles. The molecule has 0 heterocycles. The summed E-state index contributed by atoms with van der Waals surface area (Å²) < 4.78 is 0. The Morgan fingerprint density at radius 3 is 2.28 bits per heavy atom. The Kier molecular flexibility index (Phi) is 5.32. The number of carbonyl (C=O) groups is 2. The summed E-state index contributed by atoms with van der Waals surface area (Å²) in [7, 11) is 3.98. The maximum Gasteiger partial charge on any atom is 0.303 e. The molecule has 0 unspecified atom stereocenters. The monoisotopic (exact) mass is 250 g/mol. The van der Waals surface area contributed by atoms with E-state index in [4.69, 9.17) is 5.11 Å². The third-order valence-electron chi connectivity index (χ3n) is 2.30. The highest BCUT2D eigenvalue weighted by molar-refractivity contribution is 5.92. The number of rotatable bonds is 6. The SMILES string of the molecule is CN(C)Cc1ccc(NC(=O)CCC(=O)O)cc1. The Bertz CT molecular complexity index is 413. The highest BCUT2D eigenvalue weighted by Crippen LogP contribution is 2.11. The Balaban J connectivity index is 2.48. The number of hydrogen-bond donors (Lipinski definition) is 2. The van der Waals surface area contributed by atoms with Gasteiger partial charge in [-0.2, -0.15) is 0 Å². The van der Waals surface area contributed by atoms with Gasteiger partial charge in [0, 0.05) is 18.7 Å². The lowest BCUT2D eigenvalue weighted by molar-refractivity contribution is -0.138. The minimum Gasteiger partial charge on any atom is -0.481 e. The van der Waals surface area contributed by atoms with Crippen LogP contribution in [0.25, 0.3) is 0 Å². The highest BCUT2D eigenvalue weighted by atomic mass is 16.4. The van der Waals surface area contributed by atoms with E-state index in [1.165, 1.54) is 0 Å². The van der Waals surface area contributed by atoms with E-state index in [1.54, 1.807) is 0 Å². The summed E-state index contributed by atoms with van der Waals surface area (Å²) in [6, 6.07) is 7.51. The van der Waals surface area contributed by atoms with E-state index in [9.17, 15) is 9.59 Å². The average molecular weight is 250 g/mol. The van der Waals surface area contributed by atoms with Crippen molar-refractivity contribution in [1.82, 2.24) is 4.90 Å². The van der Waals surface area contributed by atoms with Crippen LogP contribution in [0, 0.1) is 0 Å². The fourth-order valence-corrected chi connectivity index (χ4v) is 1.50. The first kappa shape index (κ1) is 14.2. The summed E-state index contributed by atoms with van der Waals surface area (Å²) in [5, 5.41) is 11.1. The van der Waals surface area contributed by atoms with Crippen LogP contribution >= 0.6 is 0 Å². The lowest BCUT2D eigenvalue weighted by Gasteiger charge is -2.10. The molecule has 5 heteroatoms. The van der Waals surface area contributed by atoms with E-state index in [0.717, 1.165) is 12.1 Å². The molecule has 0 aliphatic rings. The standard InChI is InChI=1S/C13H18N2O3/c1-15(2)9-10-3-5-11(6-4-10)14-12(16)7-8-13(17)18/h3-6H,7-9H2,1-2H3,(H,14,16)(H,17,18). The number of amides is 1. The van der Waals surface area contributed by atoms with Crippen LogP contribution in [0.15, 0.2) is 24.3 Å². The molecule has 98 valence electrons. The van der Waals surface area contributed by atoms with Gasteiger partial charge in [0.2, 0.25) is 5.91 Å². The van der Waals surface area contributed by atoms with Crippen molar-refractivity contribution in [3.05, 3.63) is 29.8 Å². The van der Waals surface area contributed by atoms with Crippen LogP contribution in [0.4, 0.5) is 5.69 Å². The number of carbonyl (C=O) groups excluding carboxylic acids is 1. The van der Waals surface area contributed by atoms with Gasteiger partial charge in [-0.15, -0.1) is 0 Å². The van der Waals surface area contributed by atoms with Crippen molar-refractivity contribution in [2.45, 2.75) is 19.4 Å². The molecule has 0 radical (unpaired) electrons. The second-order valence-electron chi connectivity index (χ2n) is 4.38. The fraction of sp³-hybridized carbons (Fsp3) is 0.385. The third-order valence-corrected chi connectivity index (χ3v) is 2.30. The van der Waals surface area contributed by atoms with E-state index in [1.807, 2.05) is 38.4 Å². The molecule has 0 aliphatic heterocycles. The first-order valence-electron chi connectivity index (χ1n) is 5.72. The number of anilines is 1. The number of nitrogens with zero attached hydrogens (tertiary/aromatic N) is 1. The minimum atomic E-state index is -0.966. The van der Waals surface area contributed by atoms with Crippen LogP contribution in [0.1, 0.15) is 18.4 Å². The first-order valence-corrected chi connectivity index (χ1v) is 5.72. The van der Waals surface area contributed by atoms with Crippen molar-refractivity contribution in [3.63, 3.8) is 0 Å². The lowest BCUT2D eigenvalue weighted by atomic mass is 10.2. The van der Waals surface area contributed by atoms with Gasteiger partial charge in [0.1, 0.15) is 0 Å². The summed E-state index contributed by atoms with van der Waals surface area (Å²) in [5.41, 5.74) is 1.84. The predicted octanol–water partition coefficient (Wildman–Crippen LogP) is 1.55. The number of carboxylic acids is 1. The van der Waals surface area contributed by atoms with Gasteiger partial charge in [-0.25, -0.2) is 0 Å². The Morgan fingerprint density at radius 2 is 1.78 bits per heavy atom. The smallest absolute Gasteiger partial charge is 0.303 e. The molecule has 5 nitrogen and oxygen atoms in total. The van der Waals surface area contributed by atoms with Gasteiger partial charge in [0.25, 0.3) is 0 Å². The first-order chi connectivity index (χ1) is 8.47. The quantitative estimate of drug-likeness (QED) is 0.803. The summed E-state index contributed by atoms with van der Waals surface area (Å²) in [6.07, 6.45) is -0.153. The van der Waals surface area contributed by atoms with Crippen molar-refractivity contribution < 1.29 is 14.7 Å². The largest absolute Gasteiger partial charge is 0.481 e. The molecule has 1 amide bonds. The number of aliphatic carboxylic acids is 1. The Hall–Kier alpha value is -1.88. The zero-order valence-corrected chi connectivity index (χ0v) is 10.6. The molecule has 0 aliphatic carbocycles. The zero-order chi connectivity index (χ0) is 13.5.